The van der Waals surface area contributed by atoms with Gasteiger partial charge in [0.05, 0.1) is 11.9 Å². The molecule has 124 valence electrons. The van der Waals surface area contributed by atoms with E-state index in [9.17, 15) is 8.42 Å². The highest BCUT2D eigenvalue weighted by atomic mass is 32.2. The molecule has 2 rings (SSSR count). The van der Waals surface area contributed by atoms with Crippen LogP contribution in [0.15, 0.2) is 0 Å². The molecule has 1 atom stereocenters. The van der Waals surface area contributed by atoms with E-state index in [1.54, 1.807) is 4.31 Å². The smallest absolute Gasteiger partial charge is 0.215 e. The minimum atomic E-state index is -3.15. The summed E-state index contributed by atoms with van der Waals surface area (Å²) in [7, 11) is -3.15. The minimum absolute atomic E-state index is 0.0765. The lowest BCUT2D eigenvalue weighted by Crippen LogP contribution is -2.48. The third-order valence-electron chi connectivity index (χ3n) is 4.17. The Morgan fingerprint density at radius 1 is 1.24 bits per heavy atom. The number of piperidine rings is 1. The Labute approximate surface area is 128 Å². The number of hydrogen-bond donors (Lipinski definition) is 1. The third-order valence-corrected chi connectivity index (χ3v) is 5.98. The highest BCUT2D eigenvalue weighted by Gasteiger charge is 2.29. The van der Waals surface area contributed by atoms with Crippen LogP contribution in [0.5, 0.6) is 0 Å². The van der Waals surface area contributed by atoms with Gasteiger partial charge in [-0.2, -0.15) is 4.31 Å². The van der Waals surface area contributed by atoms with Crippen LogP contribution in [0.25, 0.3) is 0 Å². The van der Waals surface area contributed by atoms with E-state index in [0.29, 0.717) is 19.6 Å². The molecule has 2 saturated heterocycles. The molecule has 21 heavy (non-hydrogen) atoms. The molecule has 1 unspecified atom stereocenters. The van der Waals surface area contributed by atoms with Gasteiger partial charge in [0, 0.05) is 52.4 Å². The van der Waals surface area contributed by atoms with E-state index in [0.717, 1.165) is 52.0 Å². The van der Waals surface area contributed by atoms with Gasteiger partial charge >= 0.3 is 0 Å². The van der Waals surface area contributed by atoms with Gasteiger partial charge in [-0.15, -0.1) is 0 Å². The second kappa shape index (κ2) is 8.43. The molecule has 2 aliphatic heterocycles. The van der Waals surface area contributed by atoms with Gasteiger partial charge in [0.1, 0.15) is 0 Å². The normalized spacial score (nSPS) is 26.0. The molecule has 0 aromatic heterocycles. The summed E-state index contributed by atoms with van der Waals surface area (Å²) in [5.74, 6) is 0.230. The molecular formula is C14H29N3O3S. The molecule has 2 heterocycles. The van der Waals surface area contributed by atoms with Crippen molar-refractivity contribution in [3.63, 3.8) is 0 Å². The lowest BCUT2D eigenvalue weighted by atomic mass is 10.1. The zero-order chi connectivity index (χ0) is 15.1. The molecular weight excluding hydrogens is 290 g/mol. The Balaban J connectivity index is 1.80. The predicted octanol–water partition coefficient (Wildman–Crippen LogP) is 0.112. The number of piperazine rings is 1. The maximum Gasteiger partial charge on any atom is 0.215 e. The molecule has 2 fully saturated rings. The van der Waals surface area contributed by atoms with Crippen LogP contribution >= 0.6 is 0 Å². The Bertz CT molecular complexity index is 396. The third kappa shape index (κ3) is 5.49. The molecule has 0 saturated carbocycles. The van der Waals surface area contributed by atoms with Crippen LogP contribution in [0.2, 0.25) is 0 Å². The molecule has 0 radical (unpaired) electrons. The first kappa shape index (κ1) is 17.1. The number of ether oxygens (including phenoxy) is 1. The van der Waals surface area contributed by atoms with Crippen molar-refractivity contribution in [2.45, 2.75) is 32.3 Å². The van der Waals surface area contributed by atoms with E-state index in [1.165, 1.54) is 0 Å². The number of sulfonamides is 1. The number of hydrogen-bond acceptors (Lipinski definition) is 5. The zero-order valence-corrected chi connectivity index (χ0v) is 13.9. The summed E-state index contributed by atoms with van der Waals surface area (Å²) in [6, 6.07) is 0. The summed E-state index contributed by atoms with van der Waals surface area (Å²) in [4.78, 5) is 2.23. The van der Waals surface area contributed by atoms with Crippen LogP contribution in [0, 0.1) is 0 Å². The Morgan fingerprint density at radius 3 is 2.71 bits per heavy atom. The van der Waals surface area contributed by atoms with Crippen molar-refractivity contribution in [2.75, 3.05) is 58.2 Å². The molecule has 0 bridgehead atoms. The van der Waals surface area contributed by atoms with Gasteiger partial charge in [-0.1, -0.05) is 6.92 Å². The Hall–Kier alpha value is -0.210. The first-order valence-electron chi connectivity index (χ1n) is 8.14. The van der Waals surface area contributed by atoms with Gasteiger partial charge in [-0.3, -0.25) is 4.90 Å². The van der Waals surface area contributed by atoms with Crippen LogP contribution in [0.4, 0.5) is 0 Å². The van der Waals surface area contributed by atoms with Crippen molar-refractivity contribution < 1.29 is 13.2 Å². The van der Waals surface area contributed by atoms with Crippen molar-refractivity contribution in [1.82, 2.24) is 14.5 Å². The maximum atomic E-state index is 12.5. The fourth-order valence-electron chi connectivity index (χ4n) is 2.89. The van der Waals surface area contributed by atoms with Gasteiger partial charge in [-0.05, 0) is 19.3 Å². The predicted molar refractivity (Wildman–Crippen MR) is 83.9 cm³/mol. The molecule has 0 aromatic carbocycles. The Kier molecular flexibility index (Phi) is 6.88. The van der Waals surface area contributed by atoms with Crippen molar-refractivity contribution in [3.05, 3.63) is 0 Å². The molecule has 0 aromatic rings. The highest BCUT2D eigenvalue weighted by Crippen LogP contribution is 2.17. The first-order valence-corrected chi connectivity index (χ1v) is 9.75. The summed E-state index contributed by atoms with van der Waals surface area (Å²) in [6.45, 7) is 8.41. The number of nitrogens with zero attached hydrogens (tertiary/aromatic N) is 2. The first-order chi connectivity index (χ1) is 10.1. The fourth-order valence-corrected chi connectivity index (χ4v) is 4.43. The number of rotatable bonds is 7. The van der Waals surface area contributed by atoms with E-state index in [2.05, 4.69) is 17.1 Å². The summed E-state index contributed by atoms with van der Waals surface area (Å²) < 4.78 is 32.3. The van der Waals surface area contributed by atoms with E-state index in [1.807, 2.05) is 0 Å². The van der Waals surface area contributed by atoms with Crippen LogP contribution in [0.3, 0.4) is 0 Å². The topological polar surface area (TPSA) is 61.9 Å². The van der Waals surface area contributed by atoms with E-state index >= 15 is 0 Å². The molecule has 6 nitrogen and oxygen atoms in total. The second-order valence-electron chi connectivity index (χ2n) is 5.90. The van der Waals surface area contributed by atoms with Gasteiger partial charge in [0.15, 0.2) is 0 Å². The summed E-state index contributed by atoms with van der Waals surface area (Å²) in [5.41, 5.74) is 0. The molecule has 0 amide bonds. The molecule has 0 spiro atoms. The van der Waals surface area contributed by atoms with Crippen molar-refractivity contribution in [2.24, 2.45) is 0 Å². The average Bonchev–Trinajstić information content (AvgIpc) is 2.52. The summed E-state index contributed by atoms with van der Waals surface area (Å²) in [5, 5.41) is 3.28. The largest absolute Gasteiger partial charge is 0.377 e. The quantitative estimate of drug-likeness (QED) is 0.722. The van der Waals surface area contributed by atoms with E-state index in [4.69, 9.17) is 4.74 Å². The summed E-state index contributed by atoms with van der Waals surface area (Å²) >= 11 is 0. The minimum Gasteiger partial charge on any atom is -0.377 e. The second-order valence-corrected chi connectivity index (χ2v) is 7.99. The van der Waals surface area contributed by atoms with Crippen molar-refractivity contribution in [1.29, 1.82) is 0 Å². The van der Waals surface area contributed by atoms with Crippen LogP contribution in [-0.2, 0) is 14.8 Å². The maximum absolute atomic E-state index is 12.5. The number of nitrogens with one attached hydrogen (secondary N) is 1. The SMILES string of the molecule is CCCOC1CCCN(S(=O)(=O)CCN2CCNCC2)C1. The molecule has 7 heteroatoms. The molecule has 2 aliphatic rings. The lowest BCUT2D eigenvalue weighted by Gasteiger charge is -2.33. The van der Waals surface area contributed by atoms with E-state index in [-0.39, 0.29) is 11.9 Å². The van der Waals surface area contributed by atoms with Crippen molar-refractivity contribution in [3.8, 4) is 0 Å². The fraction of sp³-hybridized carbons (Fsp3) is 1.00. The van der Waals surface area contributed by atoms with Crippen LogP contribution in [0.1, 0.15) is 26.2 Å². The standard InChI is InChI=1S/C14H29N3O3S/c1-2-11-20-14-4-3-7-17(13-14)21(18,19)12-10-16-8-5-15-6-9-16/h14-15H,2-13H2,1H3. The Morgan fingerprint density at radius 2 is 2.00 bits per heavy atom. The summed E-state index contributed by atoms with van der Waals surface area (Å²) in [6.07, 6.45) is 2.93. The lowest BCUT2D eigenvalue weighted by molar-refractivity contribution is 0.0193. The van der Waals surface area contributed by atoms with Crippen LogP contribution < -0.4 is 5.32 Å². The van der Waals surface area contributed by atoms with Gasteiger partial charge in [0.25, 0.3) is 0 Å². The molecule has 1 N–H and O–H groups in total. The van der Waals surface area contributed by atoms with Gasteiger partial charge < -0.3 is 10.1 Å². The molecule has 0 aliphatic carbocycles. The monoisotopic (exact) mass is 319 g/mol. The average molecular weight is 319 g/mol. The highest BCUT2D eigenvalue weighted by molar-refractivity contribution is 7.89. The zero-order valence-electron chi connectivity index (χ0n) is 13.1. The van der Waals surface area contributed by atoms with Crippen LogP contribution in [-0.4, -0.2) is 81.9 Å². The van der Waals surface area contributed by atoms with Gasteiger partial charge in [-0.25, -0.2) is 8.42 Å². The van der Waals surface area contributed by atoms with Crippen molar-refractivity contribution >= 4 is 10.0 Å². The van der Waals surface area contributed by atoms with Gasteiger partial charge in [0.2, 0.25) is 10.0 Å². The van der Waals surface area contributed by atoms with E-state index < -0.39 is 10.0 Å².